The molecule has 0 bridgehead atoms. The molecule has 0 spiro atoms. The van der Waals surface area contributed by atoms with Gasteiger partial charge in [0.1, 0.15) is 0 Å². The van der Waals surface area contributed by atoms with Crippen LogP contribution in [-0.2, 0) is 21.9 Å². The summed E-state index contributed by atoms with van der Waals surface area (Å²) in [6, 6.07) is 0.468. The molecule has 3 nitrogen and oxygen atoms in total. The van der Waals surface area contributed by atoms with Crippen molar-refractivity contribution >= 4 is 5.97 Å². The molecule has 0 aliphatic rings. The Hall–Kier alpha value is -1.77. The van der Waals surface area contributed by atoms with E-state index in [0.717, 1.165) is 6.92 Å². The maximum atomic E-state index is 12.5. The van der Waals surface area contributed by atoms with E-state index in [1.165, 1.54) is 0 Å². The molecule has 1 atom stereocenters. The zero-order valence-electron chi connectivity index (χ0n) is 9.84. The lowest BCUT2D eigenvalue weighted by Gasteiger charge is -2.17. The van der Waals surface area contributed by atoms with Crippen LogP contribution in [-0.4, -0.2) is 11.1 Å². The first-order valence-corrected chi connectivity index (χ1v) is 5.06. The molecular weight excluding hydrogens is 294 g/mol. The number of aliphatic hydroxyl groups is 1. The van der Waals surface area contributed by atoms with Gasteiger partial charge in [-0.1, -0.05) is 0 Å². The van der Waals surface area contributed by atoms with Gasteiger partial charge in [0.15, 0.2) is 0 Å². The first kappa shape index (κ1) is 16.3. The molecule has 0 fully saturated rings. The van der Waals surface area contributed by atoms with Crippen molar-refractivity contribution in [3.8, 4) is 0 Å². The molecule has 0 heterocycles. The Bertz CT molecular complexity index is 474. The molecule has 1 aromatic rings. The average Bonchev–Trinajstić information content (AvgIpc) is 2.25. The second-order valence-electron chi connectivity index (χ2n) is 3.80. The Balaban J connectivity index is 3.34. The van der Waals surface area contributed by atoms with E-state index in [1.807, 2.05) is 0 Å². The van der Waals surface area contributed by atoms with Crippen LogP contribution in [0.4, 0.5) is 26.3 Å². The van der Waals surface area contributed by atoms with Crippen LogP contribution < -0.4 is 0 Å². The van der Waals surface area contributed by atoms with Crippen molar-refractivity contribution in [2.75, 3.05) is 0 Å². The van der Waals surface area contributed by atoms with Gasteiger partial charge in [0.05, 0.1) is 11.1 Å². The second kappa shape index (κ2) is 5.31. The monoisotopic (exact) mass is 302 g/mol. The third kappa shape index (κ3) is 4.12. The predicted octanol–water partition coefficient (Wildman–Crippen LogP) is 3.28. The highest BCUT2D eigenvalue weighted by atomic mass is 19.4. The molecule has 0 radical (unpaired) electrons. The van der Waals surface area contributed by atoms with E-state index in [-0.39, 0.29) is 18.2 Å². The van der Waals surface area contributed by atoms with E-state index < -0.39 is 41.3 Å². The lowest BCUT2D eigenvalue weighted by atomic mass is 10.0. The largest absolute Gasteiger partial charge is 0.432 e. The molecule has 0 aliphatic carbocycles. The molecule has 9 heteroatoms. The van der Waals surface area contributed by atoms with Crippen LogP contribution in [0.2, 0.25) is 0 Å². The summed E-state index contributed by atoms with van der Waals surface area (Å²) < 4.78 is 79.2. The number of benzene rings is 1. The first-order valence-electron chi connectivity index (χ1n) is 5.06. The number of carbonyl (C=O) groups is 1. The Kier molecular flexibility index (Phi) is 4.33. The summed E-state index contributed by atoms with van der Waals surface area (Å²) in [7, 11) is 0. The standard InChI is InChI=1S/C11H8F6O3/c1-5(18)20-9(19)6-2-7(10(12,13)14)4-8(3-6)11(15,16)17/h2-4,9,19H,1H3. The Morgan fingerprint density at radius 1 is 1.05 bits per heavy atom. The van der Waals surface area contributed by atoms with Crippen molar-refractivity contribution in [3.63, 3.8) is 0 Å². The van der Waals surface area contributed by atoms with Gasteiger partial charge >= 0.3 is 18.3 Å². The zero-order chi connectivity index (χ0) is 15.7. The van der Waals surface area contributed by atoms with Gasteiger partial charge in [-0.2, -0.15) is 26.3 Å². The minimum Gasteiger partial charge on any atom is -0.432 e. The summed E-state index contributed by atoms with van der Waals surface area (Å²) >= 11 is 0. The summed E-state index contributed by atoms with van der Waals surface area (Å²) in [5.41, 5.74) is -4.02. The molecule has 20 heavy (non-hydrogen) atoms. The highest BCUT2D eigenvalue weighted by Gasteiger charge is 2.37. The van der Waals surface area contributed by atoms with Crippen molar-refractivity contribution in [1.82, 2.24) is 0 Å². The second-order valence-corrected chi connectivity index (χ2v) is 3.80. The Morgan fingerprint density at radius 3 is 1.75 bits per heavy atom. The smallest absolute Gasteiger partial charge is 0.416 e. The van der Waals surface area contributed by atoms with Gasteiger partial charge in [-0.05, 0) is 18.2 Å². The molecule has 1 aromatic carbocycles. The van der Waals surface area contributed by atoms with Gasteiger partial charge in [0, 0.05) is 12.5 Å². The fraction of sp³-hybridized carbons (Fsp3) is 0.364. The fourth-order valence-electron chi connectivity index (χ4n) is 1.35. The minimum atomic E-state index is -5.04. The van der Waals surface area contributed by atoms with Crippen molar-refractivity contribution in [2.24, 2.45) is 0 Å². The maximum absolute atomic E-state index is 12.5. The van der Waals surface area contributed by atoms with Gasteiger partial charge in [-0.15, -0.1) is 0 Å². The van der Waals surface area contributed by atoms with Crippen LogP contribution in [0.5, 0.6) is 0 Å². The molecule has 0 saturated carbocycles. The number of alkyl halides is 6. The predicted molar refractivity (Wildman–Crippen MR) is 53.2 cm³/mol. The Labute approximate surface area is 108 Å². The van der Waals surface area contributed by atoms with E-state index in [0.29, 0.717) is 0 Å². The SMILES string of the molecule is CC(=O)OC(O)c1cc(C(F)(F)F)cc(C(F)(F)F)c1. The lowest BCUT2D eigenvalue weighted by Crippen LogP contribution is -2.14. The molecular formula is C11H8F6O3. The molecule has 112 valence electrons. The van der Waals surface area contributed by atoms with E-state index in [1.54, 1.807) is 0 Å². The summed E-state index contributed by atoms with van der Waals surface area (Å²) in [5, 5.41) is 9.29. The summed E-state index contributed by atoms with van der Waals surface area (Å²) in [4.78, 5) is 10.6. The van der Waals surface area contributed by atoms with Gasteiger partial charge in [0.25, 0.3) is 0 Å². The highest BCUT2D eigenvalue weighted by Crippen LogP contribution is 2.37. The number of ether oxygens (including phenoxy) is 1. The molecule has 0 aromatic heterocycles. The molecule has 1 N–H and O–H groups in total. The molecule has 1 unspecified atom stereocenters. The molecule has 0 amide bonds. The normalized spacial score (nSPS) is 14.0. The van der Waals surface area contributed by atoms with Gasteiger partial charge in [0.2, 0.25) is 6.29 Å². The number of carbonyl (C=O) groups excluding carboxylic acids is 1. The highest BCUT2D eigenvalue weighted by molar-refractivity contribution is 5.66. The minimum absolute atomic E-state index is 0.0933. The molecule has 0 aliphatic heterocycles. The third-order valence-electron chi connectivity index (χ3n) is 2.17. The van der Waals surface area contributed by atoms with Crippen LogP contribution in [0.15, 0.2) is 18.2 Å². The zero-order valence-corrected chi connectivity index (χ0v) is 9.84. The fourth-order valence-corrected chi connectivity index (χ4v) is 1.35. The number of halogens is 6. The van der Waals surface area contributed by atoms with Crippen molar-refractivity contribution in [2.45, 2.75) is 25.6 Å². The quantitative estimate of drug-likeness (QED) is 0.518. The Morgan fingerprint density at radius 2 is 1.45 bits per heavy atom. The van der Waals surface area contributed by atoms with Gasteiger partial charge in [-0.3, -0.25) is 4.79 Å². The number of esters is 1. The van der Waals surface area contributed by atoms with Crippen LogP contribution in [0.25, 0.3) is 0 Å². The van der Waals surface area contributed by atoms with Gasteiger partial charge < -0.3 is 9.84 Å². The topological polar surface area (TPSA) is 46.5 Å². The molecule has 1 rings (SSSR count). The third-order valence-corrected chi connectivity index (χ3v) is 2.17. The number of hydrogen-bond acceptors (Lipinski definition) is 3. The van der Waals surface area contributed by atoms with E-state index >= 15 is 0 Å². The van der Waals surface area contributed by atoms with E-state index in [2.05, 4.69) is 4.74 Å². The van der Waals surface area contributed by atoms with Crippen LogP contribution in [0.3, 0.4) is 0 Å². The first-order chi connectivity index (χ1) is 8.91. The summed E-state index contributed by atoms with van der Waals surface area (Å²) in [6.07, 6.45) is -12.3. The van der Waals surface area contributed by atoms with Crippen LogP contribution >= 0.6 is 0 Å². The van der Waals surface area contributed by atoms with Crippen molar-refractivity contribution in [3.05, 3.63) is 34.9 Å². The van der Waals surface area contributed by atoms with E-state index in [9.17, 15) is 36.2 Å². The number of hydrogen-bond donors (Lipinski definition) is 1. The van der Waals surface area contributed by atoms with Gasteiger partial charge in [-0.25, -0.2) is 0 Å². The summed E-state index contributed by atoms with van der Waals surface area (Å²) in [6.45, 7) is 0.849. The number of aliphatic hydroxyl groups excluding tert-OH is 1. The average molecular weight is 302 g/mol. The summed E-state index contributed by atoms with van der Waals surface area (Å²) in [5.74, 6) is -1.05. The maximum Gasteiger partial charge on any atom is 0.416 e. The lowest BCUT2D eigenvalue weighted by molar-refractivity contribution is -0.166. The van der Waals surface area contributed by atoms with Crippen molar-refractivity contribution < 1.29 is 41.0 Å². The van der Waals surface area contributed by atoms with Crippen LogP contribution in [0.1, 0.15) is 29.9 Å². The molecule has 0 saturated heterocycles. The van der Waals surface area contributed by atoms with Crippen molar-refractivity contribution in [1.29, 1.82) is 0 Å². The number of rotatable bonds is 2. The van der Waals surface area contributed by atoms with Crippen LogP contribution in [0, 0.1) is 0 Å². The van der Waals surface area contributed by atoms with E-state index in [4.69, 9.17) is 0 Å².